The van der Waals surface area contributed by atoms with Gasteiger partial charge in [0.1, 0.15) is 16.5 Å². The topological polar surface area (TPSA) is 103 Å². The minimum atomic E-state index is -0.491. The van der Waals surface area contributed by atoms with E-state index in [1.54, 1.807) is 18.2 Å². The lowest BCUT2D eigenvalue weighted by molar-refractivity contribution is 0.0974. The summed E-state index contributed by atoms with van der Waals surface area (Å²) in [6.45, 7) is 6.85. The van der Waals surface area contributed by atoms with Crippen molar-refractivity contribution >= 4 is 45.5 Å². The van der Waals surface area contributed by atoms with Gasteiger partial charge in [0.25, 0.3) is 11.8 Å². The highest BCUT2D eigenvalue weighted by molar-refractivity contribution is 7.80. The lowest BCUT2D eigenvalue weighted by Crippen LogP contribution is -2.34. The third-order valence-corrected chi connectivity index (χ3v) is 6.35. The maximum Gasteiger partial charge on any atom is 0.257 e. The van der Waals surface area contributed by atoms with Gasteiger partial charge in [-0.15, -0.1) is 11.3 Å². The molecule has 1 aromatic heterocycles. The van der Waals surface area contributed by atoms with Crippen molar-refractivity contribution in [2.24, 2.45) is 11.7 Å². The number of hydrogen-bond donors (Lipinski definition) is 3. The highest BCUT2D eigenvalue weighted by atomic mass is 32.1. The highest BCUT2D eigenvalue weighted by Crippen LogP contribution is 2.39. The molecule has 7 nitrogen and oxygen atoms in total. The fourth-order valence-corrected chi connectivity index (χ4v) is 5.29. The number of carbonyl (C=O) groups excluding carboxylic acids is 2. The van der Waals surface area contributed by atoms with Gasteiger partial charge in [-0.25, -0.2) is 0 Å². The number of hydrogen-bond acceptors (Lipinski definition) is 6. The fraction of sp³-hybridized carbons (Fsp3) is 0.409. The maximum absolute atomic E-state index is 12.8. The molecule has 0 saturated heterocycles. The van der Waals surface area contributed by atoms with Crippen molar-refractivity contribution in [3.8, 4) is 11.5 Å². The highest BCUT2D eigenvalue weighted by Gasteiger charge is 2.27. The number of fused-ring (bicyclic) bond motifs is 1. The van der Waals surface area contributed by atoms with Gasteiger partial charge >= 0.3 is 0 Å². The molecule has 0 radical (unpaired) electrons. The first-order valence-corrected chi connectivity index (χ1v) is 11.5. The number of amides is 2. The monoisotopic (exact) mass is 461 g/mol. The van der Waals surface area contributed by atoms with Gasteiger partial charge in [0.2, 0.25) is 0 Å². The molecular weight excluding hydrogens is 434 g/mol. The Hall–Kier alpha value is -2.65. The molecule has 1 aromatic carbocycles. The zero-order valence-electron chi connectivity index (χ0n) is 17.9. The molecule has 4 N–H and O–H groups in total. The van der Waals surface area contributed by atoms with Gasteiger partial charge in [0.15, 0.2) is 5.11 Å². The molecule has 1 unspecified atom stereocenters. The molecule has 0 fully saturated rings. The SMILES string of the molecule is CCOc1cc(OCC)cc(C(=O)NC(=S)Nc2sc3c(c2C(N)=O)CCC(C)C3)c1. The Morgan fingerprint density at radius 3 is 2.42 bits per heavy atom. The van der Waals surface area contributed by atoms with Gasteiger partial charge in [0.05, 0.1) is 18.8 Å². The lowest BCUT2D eigenvalue weighted by Gasteiger charge is -2.18. The molecule has 2 aromatic rings. The zero-order valence-corrected chi connectivity index (χ0v) is 19.5. The van der Waals surface area contributed by atoms with Crippen molar-refractivity contribution in [1.82, 2.24) is 5.32 Å². The number of rotatable bonds is 7. The molecule has 9 heteroatoms. The molecule has 166 valence electrons. The Labute approximate surface area is 191 Å². The second-order valence-electron chi connectivity index (χ2n) is 7.39. The number of ether oxygens (including phenoxy) is 2. The number of benzene rings is 1. The van der Waals surface area contributed by atoms with Crippen LogP contribution in [0.15, 0.2) is 18.2 Å². The number of nitrogens with one attached hydrogen (secondary N) is 2. The van der Waals surface area contributed by atoms with Crippen molar-refractivity contribution < 1.29 is 19.1 Å². The molecule has 1 atom stereocenters. The van der Waals surface area contributed by atoms with E-state index in [4.69, 9.17) is 27.4 Å². The number of primary amides is 1. The summed E-state index contributed by atoms with van der Waals surface area (Å²) in [5.41, 5.74) is 7.47. The molecule has 0 spiro atoms. The summed E-state index contributed by atoms with van der Waals surface area (Å²) in [6.07, 6.45) is 2.74. The van der Waals surface area contributed by atoms with Crippen LogP contribution in [0.1, 0.15) is 58.3 Å². The average Bonchev–Trinajstić information content (AvgIpc) is 3.05. The Morgan fingerprint density at radius 2 is 1.84 bits per heavy atom. The Balaban J connectivity index is 1.77. The molecule has 1 aliphatic carbocycles. The van der Waals surface area contributed by atoms with Crippen LogP contribution in [0.3, 0.4) is 0 Å². The molecule has 0 bridgehead atoms. The van der Waals surface area contributed by atoms with Gasteiger partial charge in [-0.2, -0.15) is 0 Å². The van der Waals surface area contributed by atoms with Crippen LogP contribution in [-0.4, -0.2) is 30.1 Å². The van der Waals surface area contributed by atoms with E-state index in [0.717, 1.165) is 29.7 Å². The summed E-state index contributed by atoms with van der Waals surface area (Å²) >= 11 is 6.81. The van der Waals surface area contributed by atoms with Crippen LogP contribution >= 0.6 is 23.6 Å². The van der Waals surface area contributed by atoms with Crippen molar-refractivity contribution in [3.05, 3.63) is 39.8 Å². The summed E-state index contributed by atoms with van der Waals surface area (Å²) in [6, 6.07) is 4.99. The summed E-state index contributed by atoms with van der Waals surface area (Å²) in [5, 5.41) is 6.34. The second-order valence-corrected chi connectivity index (χ2v) is 8.90. The third kappa shape index (κ3) is 5.54. The zero-order chi connectivity index (χ0) is 22.5. The average molecular weight is 462 g/mol. The molecule has 0 aliphatic heterocycles. The van der Waals surface area contributed by atoms with E-state index in [1.807, 2.05) is 13.8 Å². The third-order valence-electron chi connectivity index (χ3n) is 4.98. The van der Waals surface area contributed by atoms with Crippen LogP contribution in [0, 0.1) is 5.92 Å². The number of anilines is 1. The van der Waals surface area contributed by atoms with Gasteiger partial charge in [0, 0.05) is 16.5 Å². The molecule has 1 heterocycles. The van der Waals surface area contributed by atoms with Crippen LogP contribution in [0.4, 0.5) is 5.00 Å². The number of carbonyl (C=O) groups is 2. The number of thiocarbonyl (C=S) groups is 1. The van der Waals surface area contributed by atoms with E-state index in [2.05, 4.69) is 17.6 Å². The largest absolute Gasteiger partial charge is 0.494 e. The van der Waals surface area contributed by atoms with Crippen LogP contribution in [0.2, 0.25) is 0 Å². The maximum atomic E-state index is 12.8. The number of nitrogens with two attached hydrogens (primary N) is 1. The van der Waals surface area contributed by atoms with Crippen molar-refractivity contribution in [3.63, 3.8) is 0 Å². The van der Waals surface area contributed by atoms with Crippen molar-refractivity contribution in [1.29, 1.82) is 0 Å². The van der Waals surface area contributed by atoms with Crippen LogP contribution < -0.4 is 25.8 Å². The van der Waals surface area contributed by atoms with E-state index in [-0.39, 0.29) is 5.11 Å². The van der Waals surface area contributed by atoms with Gasteiger partial charge < -0.3 is 20.5 Å². The van der Waals surface area contributed by atoms with Crippen molar-refractivity contribution in [2.75, 3.05) is 18.5 Å². The normalized spacial score (nSPS) is 15.0. The standard InChI is InChI=1S/C22H27N3O4S2/c1-4-28-14-9-13(10-15(11-14)29-5-2)20(27)24-22(30)25-21-18(19(23)26)16-7-6-12(3)8-17(16)31-21/h9-12H,4-8H2,1-3H3,(H2,23,26)(H2,24,25,27,30). The number of thiophene rings is 1. The van der Waals surface area contributed by atoms with E-state index in [1.165, 1.54) is 11.3 Å². The van der Waals surface area contributed by atoms with Crippen LogP contribution in [0.5, 0.6) is 11.5 Å². The van der Waals surface area contributed by atoms with E-state index < -0.39 is 11.8 Å². The smallest absolute Gasteiger partial charge is 0.257 e. The molecule has 1 aliphatic rings. The first-order chi connectivity index (χ1) is 14.8. The van der Waals surface area contributed by atoms with E-state index >= 15 is 0 Å². The van der Waals surface area contributed by atoms with Gasteiger partial charge in [-0.1, -0.05) is 6.92 Å². The summed E-state index contributed by atoms with van der Waals surface area (Å²) < 4.78 is 11.0. The minimum absolute atomic E-state index is 0.0962. The predicted molar refractivity (Wildman–Crippen MR) is 126 cm³/mol. The van der Waals surface area contributed by atoms with Crippen LogP contribution in [0.25, 0.3) is 0 Å². The Kier molecular flexibility index (Phi) is 7.50. The quantitative estimate of drug-likeness (QED) is 0.541. The predicted octanol–water partition coefficient (Wildman–Crippen LogP) is 3.90. The van der Waals surface area contributed by atoms with Crippen LogP contribution in [-0.2, 0) is 12.8 Å². The second kappa shape index (κ2) is 10.1. The van der Waals surface area contributed by atoms with Crippen molar-refractivity contribution in [2.45, 2.75) is 40.0 Å². The summed E-state index contributed by atoms with van der Waals surface area (Å²) in [5.74, 6) is 0.732. The molecule has 31 heavy (non-hydrogen) atoms. The summed E-state index contributed by atoms with van der Waals surface area (Å²) in [7, 11) is 0. The fourth-order valence-electron chi connectivity index (χ4n) is 3.61. The van der Waals surface area contributed by atoms with E-state index in [0.29, 0.717) is 46.8 Å². The van der Waals surface area contributed by atoms with Gasteiger partial charge in [-0.05, 0) is 68.9 Å². The molecule has 0 saturated carbocycles. The lowest BCUT2D eigenvalue weighted by atomic mass is 9.88. The molecule has 2 amide bonds. The summed E-state index contributed by atoms with van der Waals surface area (Å²) in [4.78, 5) is 26.0. The Morgan fingerprint density at radius 1 is 1.19 bits per heavy atom. The van der Waals surface area contributed by atoms with E-state index in [9.17, 15) is 9.59 Å². The first-order valence-electron chi connectivity index (χ1n) is 10.3. The molecular formula is C22H27N3O4S2. The minimum Gasteiger partial charge on any atom is -0.494 e. The van der Waals surface area contributed by atoms with Gasteiger partial charge in [-0.3, -0.25) is 14.9 Å². The first kappa shape index (κ1) is 23.0. The molecule has 3 rings (SSSR count). The Bertz CT molecular complexity index is 979.